The molecule has 0 aliphatic heterocycles. The van der Waals surface area contributed by atoms with Gasteiger partial charge in [0, 0.05) is 12.7 Å². The Morgan fingerprint density at radius 3 is 2.89 bits per heavy atom. The molecule has 18 heavy (non-hydrogen) atoms. The highest BCUT2D eigenvalue weighted by Gasteiger charge is 2.07. The van der Waals surface area contributed by atoms with E-state index in [9.17, 15) is 4.39 Å². The van der Waals surface area contributed by atoms with Crippen LogP contribution >= 0.6 is 0 Å². The number of hydrogen-bond donors (Lipinski definition) is 1. The van der Waals surface area contributed by atoms with Gasteiger partial charge in [-0.05, 0) is 49.2 Å². The molecule has 0 saturated heterocycles. The molecule has 4 heteroatoms. The van der Waals surface area contributed by atoms with Crippen molar-refractivity contribution in [3.63, 3.8) is 0 Å². The molecular formula is C14H18FN3. The van der Waals surface area contributed by atoms with Crippen molar-refractivity contribution in [2.75, 3.05) is 6.54 Å². The van der Waals surface area contributed by atoms with E-state index in [1.54, 1.807) is 23.0 Å². The third-order valence-electron chi connectivity index (χ3n) is 2.74. The molecule has 1 N–H and O–H groups in total. The highest BCUT2D eigenvalue weighted by atomic mass is 19.1. The van der Waals surface area contributed by atoms with Crippen molar-refractivity contribution in [2.24, 2.45) is 0 Å². The Hall–Kier alpha value is -1.68. The van der Waals surface area contributed by atoms with Gasteiger partial charge in [0.1, 0.15) is 5.82 Å². The first-order valence-electron chi connectivity index (χ1n) is 6.21. The van der Waals surface area contributed by atoms with Crippen LogP contribution in [-0.2, 0) is 6.54 Å². The van der Waals surface area contributed by atoms with Gasteiger partial charge in [0.15, 0.2) is 0 Å². The molecule has 0 saturated carbocycles. The lowest BCUT2D eigenvalue weighted by atomic mass is 10.1. The maximum Gasteiger partial charge on any atom is 0.123 e. The first kappa shape index (κ1) is 12.8. The number of nitrogens with zero attached hydrogens (tertiary/aromatic N) is 2. The minimum Gasteiger partial charge on any atom is -0.313 e. The fraction of sp³-hybridized carbons (Fsp3) is 0.357. The molecule has 0 unspecified atom stereocenters. The van der Waals surface area contributed by atoms with Gasteiger partial charge in [-0.15, -0.1) is 0 Å². The maximum atomic E-state index is 13.3. The molecule has 1 heterocycles. The molecule has 0 aliphatic carbocycles. The van der Waals surface area contributed by atoms with Crippen molar-refractivity contribution in [3.8, 4) is 5.69 Å². The van der Waals surface area contributed by atoms with Gasteiger partial charge < -0.3 is 5.32 Å². The second kappa shape index (κ2) is 5.78. The summed E-state index contributed by atoms with van der Waals surface area (Å²) < 4.78 is 15.1. The van der Waals surface area contributed by atoms with Crippen LogP contribution < -0.4 is 5.32 Å². The molecule has 3 nitrogen and oxygen atoms in total. The molecule has 0 radical (unpaired) electrons. The zero-order valence-corrected chi connectivity index (χ0v) is 10.8. The van der Waals surface area contributed by atoms with Crippen LogP contribution in [0.25, 0.3) is 5.69 Å². The van der Waals surface area contributed by atoms with Crippen molar-refractivity contribution < 1.29 is 4.39 Å². The second-order valence-corrected chi connectivity index (χ2v) is 4.41. The molecule has 1 aromatic heterocycles. The molecule has 2 rings (SSSR count). The molecule has 96 valence electrons. The van der Waals surface area contributed by atoms with Gasteiger partial charge in [0.2, 0.25) is 0 Å². The van der Waals surface area contributed by atoms with E-state index in [0.717, 1.165) is 29.8 Å². The zero-order chi connectivity index (χ0) is 13.0. The summed E-state index contributed by atoms with van der Waals surface area (Å²) in [5.74, 6) is -0.212. The van der Waals surface area contributed by atoms with Crippen LogP contribution in [-0.4, -0.2) is 16.3 Å². The summed E-state index contributed by atoms with van der Waals surface area (Å²) in [4.78, 5) is 0. The van der Waals surface area contributed by atoms with E-state index in [2.05, 4.69) is 17.3 Å². The second-order valence-electron chi connectivity index (χ2n) is 4.41. The molecule has 0 bridgehead atoms. The normalized spacial score (nSPS) is 10.8. The standard InChI is InChI=1S/C14H18FN3/c1-3-6-16-9-12-7-13(15)4-5-14(12)18-10-11(2)8-17-18/h4-5,7-8,10,16H,3,6,9H2,1-2H3. The number of aromatic nitrogens is 2. The third kappa shape index (κ3) is 2.96. The highest BCUT2D eigenvalue weighted by molar-refractivity contribution is 5.41. The SMILES string of the molecule is CCCNCc1cc(F)ccc1-n1cc(C)cn1. The molecule has 0 aliphatic rings. The number of rotatable bonds is 5. The lowest BCUT2D eigenvalue weighted by Gasteiger charge is -2.10. The lowest BCUT2D eigenvalue weighted by molar-refractivity contribution is 0.616. The topological polar surface area (TPSA) is 29.9 Å². The van der Waals surface area contributed by atoms with Crippen LogP contribution in [0.2, 0.25) is 0 Å². The fourth-order valence-corrected chi connectivity index (χ4v) is 1.86. The molecule has 2 aromatic rings. The average molecular weight is 247 g/mol. The Kier molecular flexibility index (Phi) is 4.10. The van der Waals surface area contributed by atoms with Gasteiger partial charge in [-0.3, -0.25) is 0 Å². The predicted octanol–water partition coefficient (Wildman–Crippen LogP) is 2.82. The van der Waals surface area contributed by atoms with Crippen LogP contribution in [0, 0.1) is 12.7 Å². The van der Waals surface area contributed by atoms with Crippen LogP contribution in [0.1, 0.15) is 24.5 Å². The van der Waals surface area contributed by atoms with Gasteiger partial charge in [-0.1, -0.05) is 6.92 Å². The monoisotopic (exact) mass is 247 g/mol. The number of halogens is 1. The maximum absolute atomic E-state index is 13.3. The minimum atomic E-state index is -0.212. The minimum absolute atomic E-state index is 0.212. The Morgan fingerprint density at radius 2 is 2.22 bits per heavy atom. The smallest absolute Gasteiger partial charge is 0.123 e. The van der Waals surface area contributed by atoms with Crippen molar-refractivity contribution in [2.45, 2.75) is 26.8 Å². The van der Waals surface area contributed by atoms with Crippen LogP contribution in [0.5, 0.6) is 0 Å². The lowest BCUT2D eigenvalue weighted by Crippen LogP contribution is -2.16. The molecule has 0 fully saturated rings. The molecular weight excluding hydrogens is 229 g/mol. The third-order valence-corrected chi connectivity index (χ3v) is 2.74. The van der Waals surface area contributed by atoms with Crippen LogP contribution in [0.4, 0.5) is 4.39 Å². The van der Waals surface area contributed by atoms with Crippen LogP contribution in [0.15, 0.2) is 30.6 Å². The average Bonchev–Trinajstić information content (AvgIpc) is 2.76. The van der Waals surface area contributed by atoms with E-state index < -0.39 is 0 Å². The largest absolute Gasteiger partial charge is 0.313 e. The predicted molar refractivity (Wildman–Crippen MR) is 70.3 cm³/mol. The van der Waals surface area contributed by atoms with E-state index in [4.69, 9.17) is 0 Å². The van der Waals surface area contributed by atoms with Crippen molar-refractivity contribution in [1.29, 1.82) is 0 Å². The van der Waals surface area contributed by atoms with Crippen molar-refractivity contribution >= 4 is 0 Å². The van der Waals surface area contributed by atoms with Crippen molar-refractivity contribution in [3.05, 3.63) is 47.5 Å². The van der Waals surface area contributed by atoms with Crippen molar-refractivity contribution in [1.82, 2.24) is 15.1 Å². The highest BCUT2D eigenvalue weighted by Crippen LogP contribution is 2.16. The fourth-order valence-electron chi connectivity index (χ4n) is 1.86. The Morgan fingerprint density at radius 1 is 1.39 bits per heavy atom. The zero-order valence-electron chi connectivity index (χ0n) is 10.8. The summed E-state index contributed by atoms with van der Waals surface area (Å²) in [5, 5.41) is 7.56. The van der Waals surface area contributed by atoms with E-state index in [1.807, 2.05) is 13.1 Å². The van der Waals surface area contributed by atoms with Crippen LogP contribution in [0.3, 0.4) is 0 Å². The van der Waals surface area contributed by atoms with E-state index >= 15 is 0 Å². The number of aryl methyl sites for hydroxylation is 1. The number of benzene rings is 1. The molecule has 0 atom stereocenters. The summed E-state index contributed by atoms with van der Waals surface area (Å²) in [6.45, 7) is 5.67. The first-order chi connectivity index (χ1) is 8.70. The van der Waals surface area contributed by atoms with Gasteiger partial charge in [0.25, 0.3) is 0 Å². The molecule has 0 spiro atoms. The van der Waals surface area contributed by atoms with Gasteiger partial charge >= 0.3 is 0 Å². The van der Waals surface area contributed by atoms with E-state index in [1.165, 1.54) is 6.07 Å². The summed E-state index contributed by atoms with van der Waals surface area (Å²) in [6, 6.07) is 4.80. The van der Waals surface area contributed by atoms with Gasteiger partial charge in [0.05, 0.1) is 11.9 Å². The van der Waals surface area contributed by atoms with E-state index in [0.29, 0.717) is 6.54 Å². The number of hydrogen-bond acceptors (Lipinski definition) is 2. The summed E-state index contributed by atoms with van der Waals surface area (Å²) in [7, 11) is 0. The Balaban J connectivity index is 2.28. The van der Waals surface area contributed by atoms with Gasteiger partial charge in [-0.2, -0.15) is 5.10 Å². The summed E-state index contributed by atoms with van der Waals surface area (Å²) >= 11 is 0. The Bertz CT molecular complexity index is 520. The summed E-state index contributed by atoms with van der Waals surface area (Å²) in [6.07, 6.45) is 4.80. The summed E-state index contributed by atoms with van der Waals surface area (Å²) in [5.41, 5.74) is 2.94. The molecule has 0 amide bonds. The molecule has 1 aromatic carbocycles. The van der Waals surface area contributed by atoms with Gasteiger partial charge in [-0.25, -0.2) is 9.07 Å². The van der Waals surface area contributed by atoms with E-state index in [-0.39, 0.29) is 5.82 Å². The first-order valence-corrected chi connectivity index (χ1v) is 6.21. The quantitative estimate of drug-likeness (QED) is 0.823. The number of nitrogens with one attached hydrogen (secondary N) is 1. The Labute approximate surface area is 107 Å².